The number of hydrogen-bond acceptors (Lipinski definition) is 2. The topological polar surface area (TPSA) is 74.6 Å². The van der Waals surface area contributed by atoms with E-state index in [1.807, 2.05) is 0 Å². The van der Waals surface area contributed by atoms with Gasteiger partial charge in [0.25, 0.3) is 0 Å². The minimum Gasteiger partial charge on any atom is -0.481 e. The van der Waals surface area contributed by atoms with Crippen LogP contribution >= 0.6 is 0 Å². The van der Waals surface area contributed by atoms with Crippen LogP contribution in [0.15, 0.2) is 0 Å². The lowest BCUT2D eigenvalue weighted by atomic mass is 9.75. The third-order valence-corrected chi connectivity index (χ3v) is 12.0. The third-order valence-electron chi connectivity index (χ3n) is 12.0. The Kier molecular flexibility index (Phi) is 40.3. The summed E-state index contributed by atoms with van der Waals surface area (Å²) in [5, 5.41) is 19.7. The molecule has 0 fully saturated rings. The summed E-state index contributed by atoms with van der Waals surface area (Å²) in [4.78, 5) is 24.0. The molecule has 0 amide bonds. The molecule has 0 aromatic carbocycles. The highest BCUT2D eigenvalue weighted by Gasteiger charge is 2.39. The highest BCUT2D eigenvalue weighted by atomic mass is 16.4. The van der Waals surface area contributed by atoms with E-state index < -0.39 is 17.4 Å². The standard InChI is InChI=1S/C48H94O4/c1-3-5-7-9-11-13-15-17-19-21-23-25-27-29-31-33-35-37-39-41-43-48(47(51)52,45-46(49)50)44-42-40-38-36-34-32-30-28-26-24-22-20-18-16-14-12-10-8-6-4-2/h3-45H2,1-2H3,(H,49,50)(H,51,52). The molecule has 310 valence electrons. The van der Waals surface area contributed by atoms with Gasteiger partial charge in [-0.2, -0.15) is 0 Å². The number of carboxylic acid groups (broad SMARTS) is 2. The molecule has 0 radical (unpaired) electrons. The van der Waals surface area contributed by atoms with Crippen molar-refractivity contribution in [2.75, 3.05) is 0 Å². The predicted octanol–water partition coefficient (Wildman–Crippen LogP) is 17.0. The lowest BCUT2D eigenvalue weighted by molar-refractivity contribution is -0.157. The molecule has 0 saturated heterocycles. The summed E-state index contributed by atoms with van der Waals surface area (Å²) in [7, 11) is 0. The van der Waals surface area contributed by atoms with Crippen molar-refractivity contribution in [2.45, 2.75) is 290 Å². The quantitative estimate of drug-likeness (QED) is 0.0611. The molecule has 0 heterocycles. The van der Waals surface area contributed by atoms with Gasteiger partial charge in [0.05, 0.1) is 11.8 Å². The Morgan fingerprint density at radius 3 is 0.635 bits per heavy atom. The number of carboxylic acids is 2. The van der Waals surface area contributed by atoms with E-state index in [1.54, 1.807) is 0 Å². The summed E-state index contributed by atoms with van der Waals surface area (Å²) in [6.45, 7) is 4.57. The van der Waals surface area contributed by atoms with Crippen molar-refractivity contribution in [3.8, 4) is 0 Å². The van der Waals surface area contributed by atoms with E-state index in [1.165, 1.54) is 218 Å². The smallest absolute Gasteiger partial charge is 0.310 e. The van der Waals surface area contributed by atoms with Crippen LogP contribution in [0.4, 0.5) is 0 Å². The second kappa shape index (κ2) is 41.1. The molecular formula is C48H94O4. The van der Waals surface area contributed by atoms with Gasteiger partial charge in [0.2, 0.25) is 0 Å². The van der Waals surface area contributed by atoms with Gasteiger partial charge in [-0.05, 0) is 12.8 Å². The number of aliphatic carboxylic acids is 2. The van der Waals surface area contributed by atoms with Crippen LogP contribution in [-0.4, -0.2) is 22.2 Å². The second-order valence-electron chi connectivity index (χ2n) is 17.1. The first-order valence-corrected chi connectivity index (χ1v) is 23.9. The Labute approximate surface area is 326 Å². The Morgan fingerprint density at radius 1 is 0.308 bits per heavy atom. The van der Waals surface area contributed by atoms with Crippen molar-refractivity contribution in [2.24, 2.45) is 5.41 Å². The Hall–Kier alpha value is -1.06. The van der Waals surface area contributed by atoms with Crippen molar-refractivity contribution in [3.63, 3.8) is 0 Å². The van der Waals surface area contributed by atoms with Crippen LogP contribution < -0.4 is 0 Å². The highest BCUT2D eigenvalue weighted by Crippen LogP contribution is 2.36. The molecule has 0 atom stereocenters. The summed E-state index contributed by atoms with van der Waals surface area (Å²) in [6.07, 6.45) is 53.7. The lowest BCUT2D eigenvalue weighted by Crippen LogP contribution is -2.33. The number of hydrogen-bond donors (Lipinski definition) is 2. The molecule has 0 bridgehead atoms. The third kappa shape index (κ3) is 35.9. The van der Waals surface area contributed by atoms with E-state index in [-0.39, 0.29) is 6.42 Å². The van der Waals surface area contributed by atoms with E-state index in [4.69, 9.17) is 0 Å². The molecule has 4 nitrogen and oxygen atoms in total. The molecule has 0 saturated carbocycles. The first-order chi connectivity index (χ1) is 25.5. The summed E-state index contributed by atoms with van der Waals surface area (Å²) in [5.41, 5.74) is -1.09. The molecular weight excluding hydrogens is 641 g/mol. The fourth-order valence-corrected chi connectivity index (χ4v) is 8.32. The number of carbonyl (C=O) groups is 2. The maximum Gasteiger partial charge on any atom is 0.310 e. The molecule has 0 aliphatic heterocycles. The van der Waals surface area contributed by atoms with E-state index >= 15 is 0 Å². The van der Waals surface area contributed by atoms with Crippen LogP contribution in [0.3, 0.4) is 0 Å². The first kappa shape index (κ1) is 50.9. The zero-order chi connectivity index (χ0) is 38.1. The zero-order valence-corrected chi connectivity index (χ0v) is 35.6. The molecule has 4 heteroatoms. The van der Waals surface area contributed by atoms with Crippen LogP contribution in [0.5, 0.6) is 0 Å². The van der Waals surface area contributed by atoms with Gasteiger partial charge in [-0.1, -0.05) is 271 Å². The fourth-order valence-electron chi connectivity index (χ4n) is 8.32. The Balaban J connectivity index is 3.75. The molecule has 0 aromatic rings. The first-order valence-electron chi connectivity index (χ1n) is 23.9. The van der Waals surface area contributed by atoms with E-state index in [0.717, 1.165) is 38.5 Å². The lowest BCUT2D eigenvalue weighted by Gasteiger charge is -2.28. The van der Waals surface area contributed by atoms with Gasteiger partial charge in [0, 0.05) is 0 Å². The van der Waals surface area contributed by atoms with Gasteiger partial charge in [-0.15, -0.1) is 0 Å². The summed E-state index contributed by atoms with van der Waals surface area (Å²) < 4.78 is 0. The normalized spacial score (nSPS) is 11.8. The Morgan fingerprint density at radius 2 is 0.481 bits per heavy atom. The van der Waals surface area contributed by atoms with Gasteiger partial charge in [0.1, 0.15) is 0 Å². The molecule has 0 spiro atoms. The van der Waals surface area contributed by atoms with Gasteiger partial charge in [-0.3, -0.25) is 9.59 Å². The maximum absolute atomic E-state index is 12.4. The van der Waals surface area contributed by atoms with Crippen LogP contribution in [-0.2, 0) is 9.59 Å². The molecule has 0 aliphatic carbocycles. The zero-order valence-electron chi connectivity index (χ0n) is 35.6. The van der Waals surface area contributed by atoms with Crippen LogP contribution in [0, 0.1) is 5.41 Å². The van der Waals surface area contributed by atoms with Gasteiger partial charge in [0.15, 0.2) is 0 Å². The second-order valence-corrected chi connectivity index (χ2v) is 17.1. The van der Waals surface area contributed by atoms with Gasteiger partial charge < -0.3 is 10.2 Å². The number of rotatable bonds is 45. The molecule has 0 rings (SSSR count). The predicted molar refractivity (Wildman–Crippen MR) is 228 cm³/mol. The van der Waals surface area contributed by atoms with Crippen molar-refractivity contribution >= 4 is 11.9 Å². The molecule has 2 N–H and O–H groups in total. The maximum atomic E-state index is 12.4. The summed E-state index contributed by atoms with van der Waals surface area (Å²) in [6, 6.07) is 0. The monoisotopic (exact) mass is 735 g/mol. The Bertz CT molecular complexity index is 690. The van der Waals surface area contributed by atoms with Crippen LogP contribution in [0.1, 0.15) is 290 Å². The van der Waals surface area contributed by atoms with Gasteiger partial charge in [-0.25, -0.2) is 0 Å². The SMILES string of the molecule is CCCCCCCCCCCCCCCCCCCCCCC(CCCCCCCCCCCCCCCCCCCCCC)(CC(=O)O)C(=O)O. The van der Waals surface area contributed by atoms with Gasteiger partial charge >= 0.3 is 11.9 Å². The van der Waals surface area contributed by atoms with Crippen LogP contribution in [0.25, 0.3) is 0 Å². The van der Waals surface area contributed by atoms with E-state index in [2.05, 4.69) is 13.8 Å². The van der Waals surface area contributed by atoms with E-state index in [0.29, 0.717) is 12.8 Å². The van der Waals surface area contributed by atoms with Crippen molar-refractivity contribution in [3.05, 3.63) is 0 Å². The van der Waals surface area contributed by atoms with Crippen molar-refractivity contribution in [1.82, 2.24) is 0 Å². The van der Waals surface area contributed by atoms with Crippen LogP contribution in [0.2, 0.25) is 0 Å². The molecule has 0 aliphatic rings. The molecule has 52 heavy (non-hydrogen) atoms. The molecule has 0 aromatic heterocycles. The average Bonchev–Trinajstić information content (AvgIpc) is 3.12. The van der Waals surface area contributed by atoms with Crippen molar-refractivity contribution < 1.29 is 19.8 Å². The minimum absolute atomic E-state index is 0.236. The van der Waals surface area contributed by atoms with E-state index in [9.17, 15) is 19.8 Å². The fraction of sp³-hybridized carbons (Fsp3) is 0.958. The largest absolute Gasteiger partial charge is 0.481 e. The van der Waals surface area contributed by atoms with Crippen molar-refractivity contribution in [1.29, 1.82) is 0 Å². The summed E-state index contributed by atoms with van der Waals surface area (Å²) in [5.74, 6) is -1.87. The number of unbranched alkanes of at least 4 members (excludes halogenated alkanes) is 38. The minimum atomic E-state index is -1.09. The highest BCUT2D eigenvalue weighted by molar-refractivity contribution is 5.81. The summed E-state index contributed by atoms with van der Waals surface area (Å²) >= 11 is 0. The average molecular weight is 735 g/mol. The molecule has 0 unspecified atom stereocenters.